The lowest BCUT2D eigenvalue weighted by Gasteiger charge is -2.15. The number of carboxylic acid groups (broad SMARTS) is 1. The summed E-state index contributed by atoms with van der Waals surface area (Å²) in [6.45, 7) is 0. The zero-order valence-corrected chi connectivity index (χ0v) is 9.16. The van der Waals surface area contributed by atoms with Crippen LogP contribution in [0.5, 0.6) is 0 Å². The van der Waals surface area contributed by atoms with Crippen LogP contribution in [0.1, 0.15) is 10.4 Å². The Labute approximate surface area is 104 Å². The molecule has 0 unspecified atom stereocenters. The largest absolute Gasteiger partial charge is 0.478 e. The minimum Gasteiger partial charge on any atom is -0.478 e. The lowest BCUT2D eigenvalue weighted by atomic mass is 10.1. The molecule has 0 atom stereocenters. The Balaban J connectivity index is 2.95. The summed E-state index contributed by atoms with van der Waals surface area (Å²) in [5.74, 6) is -8.41. The highest BCUT2D eigenvalue weighted by molar-refractivity contribution is 5.99. The monoisotopic (exact) mass is 280 g/mol. The van der Waals surface area contributed by atoms with Gasteiger partial charge in [-0.2, -0.15) is 8.78 Å². The van der Waals surface area contributed by atoms with Crippen molar-refractivity contribution in [2.75, 3.05) is 11.1 Å². The molecule has 5 nitrogen and oxygen atoms in total. The summed E-state index contributed by atoms with van der Waals surface area (Å²) in [7, 11) is 0. The van der Waals surface area contributed by atoms with Gasteiger partial charge in [0.15, 0.2) is 0 Å². The summed E-state index contributed by atoms with van der Waals surface area (Å²) in [6.07, 6.45) is -4.16. The van der Waals surface area contributed by atoms with Crippen molar-refractivity contribution in [1.29, 1.82) is 0 Å². The Hall–Kier alpha value is -2.32. The van der Waals surface area contributed by atoms with E-state index in [0.717, 1.165) is 18.2 Å². The van der Waals surface area contributed by atoms with Crippen molar-refractivity contribution in [3.8, 4) is 0 Å². The number of hydrogen-bond donors (Lipinski definition) is 3. The minimum absolute atomic E-state index is 0.240. The zero-order valence-electron chi connectivity index (χ0n) is 9.16. The molecule has 19 heavy (non-hydrogen) atoms. The summed E-state index contributed by atoms with van der Waals surface area (Å²) in [5.41, 5.74) is 4.36. The van der Waals surface area contributed by atoms with Gasteiger partial charge in [0, 0.05) is 0 Å². The first-order valence-corrected chi connectivity index (χ1v) is 4.76. The molecule has 4 N–H and O–H groups in total. The molecule has 1 rings (SSSR count). The van der Waals surface area contributed by atoms with Gasteiger partial charge in [-0.3, -0.25) is 4.79 Å². The van der Waals surface area contributed by atoms with Crippen LogP contribution < -0.4 is 11.1 Å². The molecule has 0 spiro atoms. The Morgan fingerprint density at radius 1 is 1.32 bits per heavy atom. The van der Waals surface area contributed by atoms with Crippen LogP contribution >= 0.6 is 0 Å². The number of halogens is 4. The summed E-state index contributed by atoms with van der Waals surface area (Å²) >= 11 is 0. The van der Waals surface area contributed by atoms with Crippen molar-refractivity contribution < 1.29 is 32.3 Å². The molecule has 0 aromatic heterocycles. The van der Waals surface area contributed by atoms with Crippen LogP contribution in [0.25, 0.3) is 0 Å². The predicted molar refractivity (Wildman–Crippen MR) is 57.4 cm³/mol. The Bertz CT molecular complexity index is 519. The number of nitrogens with one attached hydrogen (secondary N) is 1. The maximum atomic E-state index is 12.7. The second kappa shape index (κ2) is 5.12. The molecule has 1 aromatic carbocycles. The van der Waals surface area contributed by atoms with Crippen LogP contribution in [0.3, 0.4) is 0 Å². The normalized spacial score (nSPS) is 11.4. The molecule has 9 heteroatoms. The number of nitrogen functional groups attached to an aromatic ring is 1. The van der Waals surface area contributed by atoms with E-state index in [2.05, 4.69) is 0 Å². The van der Waals surface area contributed by atoms with Crippen LogP contribution in [-0.2, 0) is 4.79 Å². The number of carbonyl (C=O) groups excluding carboxylic acids is 1. The van der Waals surface area contributed by atoms with E-state index in [0.29, 0.717) is 0 Å². The fraction of sp³-hybridized carbons (Fsp3) is 0.200. The molecule has 0 aliphatic heterocycles. The van der Waals surface area contributed by atoms with Gasteiger partial charge in [-0.1, -0.05) is 0 Å². The molecule has 0 saturated heterocycles. The van der Waals surface area contributed by atoms with Gasteiger partial charge in [0.2, 0.25) is 0 Å². The molecule has 0 bridgehead atoms. The van der Waals surface area contributed by atoms with E-state index < -0.39 is 24.2 Å². The molecular weight excluding hydrogens is 272 g/mol. The van der Waals surface area contributed by atoms with Crippen molar-refractivity contribution in [2.45, 2.75) is 12.3 Å². The van der Waals surface area contributed by atoms with E-state index in [-0.39, 0.29) is 16.9 Å². The average Bonchev–Trinajstić information content (AvgIpc) is 2.30. The molecule has 0 heterocycles. The van der Waals surface area contributed by atoms with Crippen LogP contribution in [0.4, 0.5) is 28.9 Å². The third kappa shape index (κ3) is 3.12. The number of benzene rings is 1. The fourth-order valence-corrected chi connectivity index (χ4v) is 1.11. The van der Waals surface area contributed by atoms with Gasteiger partial charge in [0.25, 0.3) is 0 Å². The van der Waals surface area contributed by atoms with E-state index >= 15 is 0 Å². The average molecular weight is 280 g/mol. The van der Waals surface area contributed by atoms with E-state index in [1.807, 2.05) is 0 Å². The van der Waals surface area contributed by atoms with E-state index in [9.17, 15) is 27.2 Å². The van der Waals surface area contributed by atoms with Crippen LogP contribution in [0.15, 0.2) is 18.2 Å². The summed E-state index contributed by atoms with van der Waals surface area (Å²) in [5, 5.41) is 10.1. The van der Waals surface area contributed by atoms with Crippen LogP contribution in [0.2, 0.25) is 0 Å². The van der Waals surface area contributed by atoms with E-state index in [1.54, 1.807) is 0 Å². The zero-order chi connectivity index (χ0) is 14.8. The standard InChI is InChI=1S/C10H8F4N2O3/c11-8(12)10(13,14)9(19)16-6-2-1-4(7(17)18)3-5(6)15/h1-3,8H,15H2,(H,16,19)(H,17,18). The summed E-state index contributed by atoms with van der Waals surface area (Å²) < 4.78 is 49.2. The molecule has 0 aliphatic rings. The first-order chi connectivity index (χ1) is 8.66. The summed E-state index contributed by atoms with van der Waals surface area (Å²) in [6, 6.07) is 2.81. The number of hydrogen-bond acceptors (Lipinski definition) is 3. The first kappa shape index (κ1) is 14.7. The van der Waals surface area contributed by atoms with E-state index in [4.69, 9.17) is 10.8 Å². The van der Waals surface area contributed by atoms with E-state index in [1.165, 1.54) is 5.32 Å². The van der Waals surface area contributed by atoms with Crippen LogP contribution in [-0.4, -0.2) is 29.3 Å². The van der Waals surface area contributed by atoms with Crippen molar-refractivity contribution in [3.63, 3.8) is 0 Å². The second-order valence-corrected chi connectivity index (χ2v) is 3.48. The van der Waals surface area contributed by atoms with Gasteiger partial charge in [-0.15, -0.1) is 0 Å². The number of carbonyl (C=O) groups is 2. The number of amides is 1. The number of aromatic carboxylic acids is 1. The lowest BCUT2D eigenvalue weighted by molar-refractivity contribution is -0.163. The Morgan fingerprint density at radius 2 is 1.89 bits per heavy atom. The number of rotatable bonds is 4. The van der Waals surface area contributed by atoms with Crippen molar-refractivity contribution in [2.24, 2.45) is 0 Å². The number of anilines is 2. The molecule has 0 saturated carbocycles. The predicted octanol–water partition coefficient (Wildman–Crippen LogP) is 1.81. The SMILES string of the molecule is Nc1cc(C(=O)O)ccc1NC(=O)C(F)(F)C(F)F. The third-order valence-corrected chi connectivity index (χ3v) is 2.12. The van der Waals surface area contributed by atoms with Crippen molar-refractivity contribution >= 4 is 23.3 Å². The third-order valence-electron chi connectivity index (χ3n) is 2.12. The Morgan fingerprint density at radius 3 is 2.32 bits per heavy atom. The van der Waals surface area contributed by atoms with Gasteiger partial charge >= 0.3 is 24.2 Å². The number of nitrogens with two attached hydrogens (primary N) is 1. The highest BCUT2D eigenvalue weighted by Crippen LogP contribution is 2.27. The number of alkyl halides is 4. The highest BCUT2D eigenvalue weighted by Gasteiger charge is 2.49. The lowest BCUT2D eigenvalue weighted by Crippen LogP contribution is -2.41. The summed E-state index contributed by atoms with van der Waals surface area (Å²) in [4.78, 5) is 21.5. The Kier molecular flexibility index (Phi) is 3.98. The molecular formula is C10H8F4N2O3. The smallest absolute Gasteiger partial charge is 0.383 e. The second-order valence-electron chi connectivity index (χ2n) is 3.48. The maximum Gasteiger partial charge on any atom is 0.383 e. The molecule has 1 aromatic rings. The molecule has 0 fully saturated rings. The molecule has 104 valence electrons. The quantitative estimate of drug-likeness (QED) is 0.579. The maximum absolute atomic E-state index is 12.7. The van der Waals surface area contributed by atoms with Gasteiger partial charge in [0.1, 0.15) is 0 Å². The van der Waals surface area contributed by atoms with Gasteiger partial charge in [-0.25, -0.2) is 13.6 Å². The van der Waals surface area contributed by atoms with Gasteiger partial charge < -0.3 is 16.2 Å². The van der Waals surface area contributed by atoms with Gasteiger partial charge in [-0.05, 0) is 18.2 Å². The van der Waals surface area contributed by atoms with Gasteiger partial charge in [0.05, 0.1) is 16.9 Å². The fourth-order valence-electron chi connectivity index (χ4n) is 1.11. The highest BCUT2D eigenvalue weighted by atomic mass is 19.3. The minimum atomic E-state index is -4.86. The van der Waals surface area contributed by atoms with Crippen molar-refractivity contribution in [3.05, 3.63) is 23.8 Å². The van der Waals surface area contributed by atoms with Crippen molar-refractivity contribution in [1.82, 2.24) is 0 Å². The topological polar surface area (TPSA) is 92.4 Å². The molecule has 0 aliphatic carbocycles. The number of carboxylic acids is 1. The first-order valence-electron chi connectivity index (χ1n) is 4.76. The molecule has 1 amide bonds. The van der Waals surface area contributed by atoms with Crippen LogP contribution in [0, 0.1) is 0 Å². The molecule has 0 radical (unpaired) electrons.